The maximum absolute atomic E-state index is 14.2. The average Bonchev–Trinajstić information content (AvgIpc) is 3.45. The van der Waals surface area contributed by atoms with E-state index in [1.54, 1.807) is 24.3 Å². The molecule has 1 aliphatic carbocycles. The van der Waals surface area contributed by atoms with Crippen molar-refractivity contribution in [2.75, 3.05) is 5.75 Å². The normalized spacial score (nSPS) is 16.7. The van der Waals surface area contributed by atoms with Crippen LogP contribution in [0, 0.1) is 11.3 Å². The van der Waals surface area contributed by atoms with Crippen molar-refractivity contribution in [1.82, 2.24) is 15.6 Å². The van der Waals surface area contributed by atoms with Crippen LogP contribution in [-0.2, 0) is 10.5 Å². The standard InChI is InChI=1S/C24H23F3N4OS/c25-24(26,27)21(18-12-29-19-9-5-4-8-17(18)19)30-20(22(32)31-23(15-28)10-11-23)14-33-13-16-6-2-1-3-7-16/h1-9,12,20-21,29-30H,10-11,13-14H2,(H,31,32)/t20-,21?/m0/s1. The topological polar surface area (TPSA) is 80.7 Å². The number of amides is 1. The molecule has 0 bridgehead atoms. The SMILES string of the molecule is N#CC1(NC(=O)[C@H](CSCc2ccccc2)NC(c2c[nH]c3ccccc23)C(F)(F)F)CC1. The van der Waals surface area contributed by atoms with E-state index in [4.69, 9.17) is 0 Å². The Bertz CT molecular complexity index is 1150. The Balaban J connectivity index is 1.56. The highest BCUT2D eigenvalue weighted by atomic mass is 32.2. The van der Waals surface area contributed by atoms with E-state index in [2.05, 4.69) is 21.7 Å². The summed E-state index contributed by atoms with van der Waals surface area (Å²) in [4.78, 5) is 15.9. The number of nitrogens with zero attached hydrogens (tertiary/aromatic N) is 1. The van der Waals surface area contributed by atoms with E-state index in [1.165, 1.54) is 18.0 Å². The van der Waals surface area contributed by atoms with Gasteiger partial charge in [-0.15, -0.1) is 0 Å². The van der Waals surface area contributed by atoms with Crippen LogP contribution in [0.1, 0.15) is 30.0 Å². The van der Waals surface area contributed by atoms with Crippen LogP contribution in [-0.4, -0.2) is 34.4 Å². The van der Waals surface area contributed by atoms with Crippen LogP contribution in [0.3, 0.4) is 0 Å². The first-order chi connectivity index (χ1) is 15.8. The summed E-state index contributed by atoms with van der Waals surface area (Å²) < 4.78 is 42.5. The van der Waals surface area contributed by atoms with Crippen LogP contribution in [0.25, 0.3) is 10.9 Å². The summed E-state index contributed by atoms with van der Waals surface area (Å²) in [7, 11) is 0. The number of H-pyrrole nitrogens is 1. The zero-order valence-corrected chi connectivity index (χ0v) is 18.5. The number of halogens is 3. The molecule has 0 radical (unpaired) electrons. The van der Waals surface area contributed by atoms with Crippen LogP contribution in [0.2, 0.25) is 0 Å². The van der Waals surface area contributed by atoms with Gasteiger partial charge in [0.05, 0.1) is 12.1 Å². The lowest BCUT2D eigenvalue weighted by Crippen LogP contribution is -2.52. The molecule has 9 heteroatoms. The third-order valence-electron chi connectivity index (χ3n) is 5.67. The van der Waals surface area contributed by atoms with Gasteiger partial charge in [-0.05, 0) is 24.5 Å². The van der Waals surface area contributed by atoms with Crippen LogP contribution < -0.4 is 10.6 Å². The van der Waals surface area contributed by atoms with Crippen molar-refractivity contribution in [2.45, 2.75) is 42.4 Å². The van der Waals surface area contributed by atoms with Crippen molar-refractivity contribution in [3.63, 3.8) is 0 Å². The van der Waals surface area contributed by atoms with Gasteiger partial charge in [-0.25, -0.2) is 0 Å². The summed E-state index contributed by atoms with van der Waals surface area (Å²) in [6, 6.07) is 15.1. The number of alkyl halides is 3. The minimum absolute atomic E-state index is 0.0328. The molecule has 3 N–H and O–H groups in total. The number of nitrogens with one attached hydrogen (secondary N) is 3. The molecule has 1 unspecified atom stereocenters. The largest absolute Gasteiger partial charge is 0.408 e. The number of nitriles is 1. The van der Waals surface area contributed by atoms with Gasteiger partial charge in [-0.2, -0.15) is 30.2 Å². The number of thioether (sulfide) groups is 1. The van der Waals surface area contributed by atoms with E-state index in [-0.39, 0.29) is 11.3 Å². The molecule has 0 saturated heterocycles. The zero-order chi connectivity index (χ0) is 23.5. The number of carbonyl (C=O) groups is 1. The van der Waals surface area contributed by atoms with Crippen LogP contribution in [0.5, 0.6) is 0 Å². The Hall–Kier alpha value is -2.96. The summed E-state index contributed by atoms with van der Waals surface area (Å²) in [5.74, 6) is 0.0834. The van der Waals surface area contributed by atoms with E-state index in [0.717, 1.165) is 5.56 Å². The van der Waals surface area contributed by atoms with E-state index >= 15 is 0 Å². The van der Waals surface area contributed by atoms with E-state index in [9.17, 15) is 23.2 Å². The molecule has 4 rings (SSSR count). The molecular formula is C24H23F3N4OS. The molecular weight excluding hydrogens is 449 g/mol. The lowest BCUT2D eigenvalue weighted by atomic mass is 10.0. The Labute approximate surface area is 193 Å². The molecule has 33 heavy (non-hydrogen) atoms. The number of fused-ring (bicyclic) bond motifs is 1. The highest BCUT2D eigenvalue weighted by Gasteiger charge is 2.47. The van der Waals surface area contributed by atoms with Gasteiger partial charge < -0.3 is 10.3 Å². The molecule has 0 spiro atoms. The van der Waals surface area contributed by atoms with E-state index < -0.39 is 29.7 Å². The van der Waals surface area contributed by atoms with Gasteiger partial charge in [0.25, 0.3) is 0 Å². The molecule has 1 aromatic heterocycles. The van der Waals surface area contributed by atoms with Crippen molar-refractivity contribution >= 4 is 28.6 Å². The van der Waals surface area contributed by atoms with Crippen LogP contribution in [0.4, 0.5) is 13.2 Å². The van der Waals surface area contributed by atoms with Crippen molar-refractivity contribution in [3.05, 3.63) is 71.9 Å². The quantitative estimate of drug-likeness (QED) is 0.417. The van der Waals surface area contributed by atoms with E-state index in [0.29, 0.717) is 29.5 Å². The predicted octanol–water partition coefficient (Wildman–Crippen LogP) is 4.84. The van der Waals surface area contributed by atoms with Gasteiger partial charge >= 0.3 is 6.18 Å². The highest BCUT2D eigenvalue weighted by Crippen LogP contribution is 2.38. The summed E-state index contributed by atoms with van der Waals surface area (Å²) in [6.07, 6.45) is -2.28. The molecule has 2 aromatic carbocycles. The number of carbonyl (C=O) groups excluding carboxylic acids is 1. The van der Waals surface area contributed by atoms with Gasteiger partial charge in [0.1, 0.15) is 11.6 Å². The second kappa shape index (κ2) is 9.49. The third kappa shape index (κ3) is 5.52. The maximum Gasteiger partial charge on any atom is 0.408 e. The van der Waals surface area contributed by atoms with Crippen LogP contribution in [0.15, 0.2) is 60.8 Å². The summed E-state index contributed by atoms with van der Waals surface area (Å²) in [6.45, 7) is 0. The lowest BCUT2D eigenvalue weighted by molar-refractivity contribution is -0.160. The first kappa shape index (κ1) is 23.2. The molecule has 1 aliphatic rings. The first-order valence-corrected chi connectivity index (χ1v) is 11.7. The molecule has 1 saturated carbocycles. The second-order valence-electron chi connectivity index (χ2n) is 8.17. The predicted molar refractivity (Wildman–Crippen MR) is 122 cm³/mol. The smallest absolute Gasteiger partial charge is 0.361 e. The molecule has 3 aromatic rings. The molecule has 2 atom stereocenters. The zero-order valence-electron chi connectivity index (χ0n) is 17.7. The number of para-hydroxylation sites is 1. The second-order valence-corrected chi connectivity index (χ2v) is 9.20. The van der Waals surface area contributed by atoms with Gasteiger partial charge in [0, 0.05) is 34.2 Å². The number of benzene rings is 2. The molecule has 1 heterocycles. The maximum atomic E-state index is 14.2. The monoisotopic (exact) mass is 472 g/mol. The minimum atomic E-state index is -4.62. The Morgan fingerprint density at radius 2 is 1.85 bits per heavy atom. The minimum Gasteiger partial charge on any atom is -0.361 e. The van der Waals surface area contributed by atoms with Crippen LogP contribution >= 0.6 is 11.8 Å². The number of aromatic nitrogens is 1. The lowest BCUT2D eigenvalue weighted by Gasteiger charge is -2.27. The number of rotatable bonds is 9. The van der Waals surface area contributed by atoms with Crippen molar-refractivity contribution in [3.8, 4) is 6.07 Å². The Morgan fingerprint density at radius 1 is 1.15 bits per heavy atom. The fraction of sp³-hybridized carbons (Fsp3) is 0.333. The molecule has 172 valence electrons. The summed E-state index contributed by atoms with van der Waals surface area (Å²) >= 11 is 1.37. The fourth-order valence-electron chi connectivity index (χ4n) is 3.68. The highest BCUT2D eigenvalue weighted by molar-refractivity contribution is 7.98. The first-order valence-electron chi connectivity index (χ1n) is 10.5. The summed E-state index contributed by atoms with van der Waals surface area (Å²) in [5.41, 5.74) is 0.673. The van der Waals surface area contributed by atoms with Crippen molar-refractivity contribution < 1.29 is 18.0 Å². The molecule has 1 amide bonds. The fourth-order valence-corrected chi connectivity index (χ4v) is 4.70. The van der Waals surface area contributed by atoms with Gasteiger partial charge in [-0.1, -0.05) is 48.5 Å². The number of aromatic amines is 1. The molecule has 1 fully saturated rings. The Kier molecular flexibility index (Phi) is 6.68. The average molecular weight is 473 g/mol. The number of hydrogen-bond acceptors (Lipinski definition) is 4. The van der Waals surface area contributed by atoms with Gasteiger partial charge in [-0.3, -0.25) is 10.1 Å². The molecule has 0 aliphatic heterocycles. The van der Waals surface area contributed by atoms with Crippen molar-refractivity contribution in [1.29, 1.82) is 5.26 Å². The summed E-state index contributed by atoms with van der Waals surface area (Å²) in [5, 5.41) is 15.0. The van der Waals surface area contributed by atoms with Gasteiger partial charge in [0.15, 0.2) is 0 Å². The molecule has 5 nitrogen and oxygen atoms in total. The third-order valence-corrected chi connectivity index (χ3v) is 6.77. The number of hydrogen-bond donors (Lipinski definition) is 3. The van der Waals surface area contributed by atoms with Crippen molar-refractivity contribution in [2.24, 2.45) is 0 Å². The van der Waals surface area contributed by atoms with E-state index in [1.807, 2.05) is 30.3 Å². The van der Waals surface area contributed by atoms with Gasteiger partial charge in [0.2, 0.25) is 5.91 Å². The Morgan fingerprint density at radius 3 is 2.52 bits per heavy atom.